The van der Waals surface area contributed by atoms with Gasteiger partial charge >= 0.3 is 11.9 Å². The number of fused-ring (bicyclic) bond motifs is 1. The molecule has 294 valence electrons. The van der Waals surface area contributed by atoms with Crippen LogP contribution in [0.4, 0.5) is 11.4 Å². The van der Waals surface area contributed by atoms with Crippen molar-refractivity contribution in [2.45, 2.75) is 90.9 Å². The van der Waals surface area contributed by atoms with Gasteiger partial charge in [-0.3, -0.25) is 29.0 Å². The van der Waals surface area contributed by atoms with Gasteiger partial charge in [-0.2, -0.15) is 27.0 Å². The highest BCUT2D eigenvalue weighted by Gasteiger charge is 2.33. The third-order valence-corrected chi connectivity index (χ3v) is 13.1. The fraction of sp³-hybridized carbons (Fsp3) is 0.436. The summed E-state index contributed by atoms with van der Waals surface area (Å²) in [7, 11) is 0. The molecular formula is C39H48N6O6S4. The van der Waals surface area contributed by atoms with E-state index < -0.39 is 24.0 Å². The molecule has 0 spiro atoms. The summed E-state index contributed by atoms with van der Waals surface area (Å²) >= 11 is 2.65. The number of benzene rings is 2. The smallest absolute Gasteiger partial charge is 0.320 e. The zero-order valence-corrected chi connectivity index (χ0v) is 34.8. The number of hydrogen-bond acceptors (Lipinski definition) is 10. The monoisotopic (exact) mass is 824 g/mol. The molecule has 16 heteroatoms. The van der Waals surface area contributed by atoms with Gasteiger partial charge in [-0.25, -0.2) is 9.97 Å². The molecule has 0 bridgehead atoms. The van der Waals surface area contributed by atoms with Gasteiger partial charge in [-0.15, -0.1) is 22.7 Å². The first kappa shape index (κ1) is 42.3. The van der Waals surface area contributed by atoms with Crippen LogP contribution in [0.5, 0.6) is 0 Å². The van der Waals surface area contributed by atoms with Crippen molar-refractivity contribution >= 4 is 84.8 Å². The quantitative estimate of drug-likeness (QED) is 0.156. The molecule has 2 fully saturated rings. The Bertz CT molecular complexity index is 2080. The van der Waals surface area contributed by atoms with Gasteiger partial charge in [0.2, 0.25) is 0 Å². The van der Waals surface area contributed by atoms with E-state index in [0.717, 1.165) is 74.8 Å². The Morgan fingerprint density at radius 2 is 1.29 bits per heavy atom. The van der Waals surface area contributed by atoms with E-state index in [1.165, 1.54) is 22.7 Å². The van der Waals surface area contributed by atoms with Gasteiger partial charge in [-0.05, 0) is 100 Å². The zero-order chi connectivity index (χ0) is 37.4. The first-order chi connectivity index (χ1) is 25.5. The minimum absolute atomic E-state index is 0. The number of thiazole rings is 2. The molecule has 5 heterocycles. The number of carboxylic acids is 2. The first-order valence-corrected chi connectivity index (χ1v) is 19.8. The molecule has 55 heavy (non-hydrogen) atoms. The summed E-state index contributed by atoms with van der Waals surface area (Å²) in [6.07, 6.45) is 5.63. The second-order valence-electron chi connectivity index (χ2n) is 14.1. The van der Waals surface area contributed by atoms with Crippen molar-refractivity contribution < 1.29 is 29.4 Å². The summed E-state index contributed by atoms with van der Waals surface area (Å²) in [5, 5.41) is 23.2. The Labute approximate surface area is 342 Å². The number of carboxylic acid groups (broad SMARTS) is 2. The number of aliphatic carboxylic acids is 2. The molecule has 0 radical (unpaired) electrons. The number of aromatic nitrogens is 2. The van der Waals surface area contributed by atoms with Crippen molar-refractivity contribution in [3.63, 3.8) is 0 Å². The fourth-order valence-corrected chi connectivity index (χ4v) is 9.90. The number of likely N-dealkylation sites (tertiary alicyclic amines) is 2. The van der Waals surface area contributed by atoms with Gasteiger partial charge in [0.1, 0.15) is 12.1 Å². The number of nitrogens with one attached hydrogen (secondary N) is 1. The molecule has 0 unspecified atom stereocenters. The van der Waals surface area contributed by atoms with Crippen LogP contribution in [-0.4, -0.2) is 85.5 Å². The number of rotatable bonds is 10. The lowest BCUT2D eigenvalue weighted by Gasteiger charge is -2.32. The first-order valence-electron chi connectivity index (χ1n) is 18.2. The second-order valence-corrected chi connectivity index (χ2v) is 16.3. The molecule has 4 aromatic rings. The van der Waals surface area contributed by atoms with Crippen LogP contribution in [0.25, 0.3) is 11.1 Å². The van der Waals surface area contributed by atoms with Gasteiger partial charge in [0.05, 0.1) is 11.4 Å². The highest BCUT2D eigenvalue weighted by molar-refractivity contribution is 7.59. The Balaban J connectivity index is 0.00000290. The van der Waals surface area contributed by atoms with E-state index in [2.05, 4.69) is 15.3 Å². The van der Waals surface area contributed by atoms with Gasteiger partial charge < -0.3 is 20.4 Å². The molecule has 3 aliphatic rings. The lowest BCUT2D eigenvalue weighted by molar-refractivity contribution is -0.145. The van der Waals surface area contributed by atoms with Crippen molar-refractivity contribution in [3.8, 4) is 11.1 Å². The molecule has 2 amide bonds. The van der Waals surface area contributed by atoms with E-state index in [-0.39, 0.29) is 38.8 Å². The zero-order valence-electron chi connectivity index (χ0n) is 31.2. The Hall–Kier alpha value is -3.80. The lowest BCUT2D eigenvalue weighted by atomic mass is 9.93. The number of anilines is 2. The van der Waals surface area contributed by atoms with Crippen molar-refractivity contribution in [3.05, 3.63) is 78.7 Å². The number of carbonyl (C=O) groups is 4. The maximum atomic E-state index is 13.9. The molecule has 3 aliphatic heterocycles. The molecule has 2 atom stereocenters. The van der Waals surface area contributed by atoms with Crippen LogP contribution in [0.2, 0.25) is 0 Å². The minimum atomic E-state index is -0.811. The summed E-state index contributed by atoms with van der Waals surface area (Å²) < 4.78 is 0. The number of carbonyl (C=O) groups excluding carboxylic acids is 2. The molecule has 12 nitrogen and oxygen atoms in total. The van der Waals surface area contributed by atoms with Crippen molar-refractivity contribution in [1.29, 1.82) is 0 Å². The van der Waals surface area contributed by atoms with Crippen LogP contribution in [0.3, 0.4) is 0 Å². The molecule has 3 N–H and O–H groups in total. The van der Waals surface area contributed by atoms with Crippen molar-refractivity contribution in [2.24, 2.45) is 0 Å². The minimum Gasteiger partial charge on any atom is -0.480 e. The van der Waals surface area contributed by atoms with Crippen LogP contribution in [-0.2, 0) is 29.1 Å². The normalized spacial score (nSPS) is 18.6. The summed E-state index contributed by atoms with van der Waals surface area (Å²) in [6, 6.07) is 10.7. The molecule has 2 saturated heterocycles. The average Bonchev–Trinajstić information content (AvgIpc) is 3.85. The van der Waals surface area contributed by atoms with Crippen LogP contribution >= 0.6 is 49.7 Å². The summed E-state index contributed by atoms with van der Waals surface area (Å²) in [4.78, 5) is 67.9. The van der Waals surface area contributed by atoms with Gasteiger partial charge in [0, 0.05) is 40.8 Å². The Morgan fingerprint density at radius 1 is 0.745 bits per heavy atom. The second kappa shape index (κ2) is 18.0. The Morgan fingerprint density at radius 3 is 1.89 bits per heavy atom. The summed E-state index contributed by atoms with van der Waals surface area (Å²) in [5.41, 5.74) is 6.88. The fourth-order valence-electron chi connectivity index (χ4n) is 7.88. The standard InChI is InChI=1S/C39H44N6O6S2.2H2S/c1-22-25(10-8-12-28(22)42-34(46)35-40-23(2)32(52-35)20-43-17-6-4-13-30(43)38(48)49)26-11-9-15-29-27(26)16-19-45(29)37(47)36-41-24(3)33(53-36)21-44-18-7-5-14-31(44)39(50)51;;/h8-12,15,30-31H,4-7,13-14,16-21H2,1-3H3,(H,42,46)(H,48,49)(H,50,51);2*1H2/t30-,31-;;/m0../s1. The molecule has 2 aromatic heterocycles. The van der Waals surface area contributed by atoms with E-state index in [9.17, 15) is 29.4 Å². The van der Waals surface area contributed by atoms with Crippen LogP contribution in [0, 0.1) is 20.8 Å². The molecular weight excluding hydrogens is 777 g/mol. The number of nitrogens with zero attached hydrogens (tertiary/aromatic N) is 5. The van der Waals surface area contributed by atoms with E-state index in [1.807, 2.05) is 67.0 Å². The van der Waals surface area contributed by atoms with Crippen LogP contribution in [0.15, 0.2) is 36.4 Å². The van der Waals surface area contributed by atoms with E-state index in [4.69, 9.17) is 0 Å². The van der Waals surface area contributed by atoms with Crippen LogP contribution < -0.4 is 10.2 Å². The maximum Gasteiger partial charge on any atom is 0.320 e. The van der Waals surface area contributed by atoms with E-state index >= 15 is 0 Å². The molecule has 0 saturated carbocycles. The van der Waals surface area contributed by atoms with E-state index in [0.29, 0.717) is 67.7 Å². The van der Waals surface area contributed by atoms with Crippen molar-refractivity contribution in [2.75, 3.05) is 29.9 Å². The van der Waals surface area contributed by atoms with E-state index in [1.54, 1.807) is 4.90 Å². The van der Waals surface area contributed by atoms with Gasteiger partial charge in [0.25, 0.3) is 11.8 Å². The third kappa shape index (κ3) is 8.79. The molecule has 2 aromatic carbocycles. The number of hydrogen-bond donors (Lipinski definition) is 3. The summed E-state index contributed by atoms with van der Waals surface area (Å²) in [6.45, 7) is 8.57. The SMILES string of the molecule is Cc1nc(C(=O)Nc2cccc(-c3cccc4c3CCN4C(=O)c3nc(C)c(CN4CCCC[C@H]4C(=O)O)s3)c2C)sc1CN1CCCC[C@H]1C(=O)O.S.S. The lowest BCUT2D eigenvalue weighted by Crippen LogP contribution is -2.43. The van der Waals surface area contributed by atoms with Gasteiger partial charge in [-0.1, -0.05) is 37.1 Å². The summed E-state index contributed by atoms with van der Waals surface area (Å²) in [5.74, 6) is -2.09. The highest BCUT2D eigenvalue weighted by Crippen LogP contribution is 2.40. The largest absolute Gasteiger partial charge is 0.480 e. The number of aryl methyl sites for hydroxylation is 2. The highest BCUT2D eigenvalue weighted by atomic mass is 32.1. The maximum absolute atomic E-state index is 13.9. The predicted molar refractivity (Wildman–Crippen MR) is 226 cm³/mol. The third-order valence-electron chi connectivity index (χ3n) is 10.8. The Kier molecular flexibility index (Phi) is 13.8. The van der Waals surface area contributed by atoms with Crippen LogP contribution in [0.1, 0.15) is 90.4 Å². The number of amides is 2. The predicted octanol–water partition coefficient (Wildman–Crippen LogP) is 6.75. The van der Waals surface area contributed by atoms with Crippen molar-refractivity contribution in [1.82, 2.24) is 19.8 Å². The molecule has 0 aliphatic carbocycles. The van der Waals surface area contributed by atoms with Gasteiger partial charge in [0.15, 0.2) is 10.0 Å². The molecule has 7 rings (SSSR count). The number of piperidine rings is 2. The average molecular weight is 825 g/mol. The topological polar surface area (TPSA) is 156 Å².